The van der Waals surface area contributed by atoms with Gasteiger partial charge in [0.15, 0.2) is 0 Å². The molecule has 9 nitrogen and oxygen atoms in total. The van der Waals surface area contributed by atoms with Crippen LogP contribution in [0.25, 0.3) is 10.9 Å². The summed E-state index contributed by atoms with van der Waals surface area (Å²) in [6, 6.07) is 9.25. The summed E-state index contributed by atoms with van der Waals surface area (Å²) in [5.74, 6) is -0.299. The first-order valence-corrected chi connectivity index (χ1v) is 10.2. The number of nitrogens with zero attached hydrogens (tertiary/aromatic N) is 3. The lowest BCUT2D eigenvalue weighted by atomic mass is 10.0. The van der Waals surface area contributed by atoms with E-state index in [1.165, 1.54) is 0 Å². The summed E-state index contributed by atoms with van der Waals surface area (Å²) < 4.78 is 11.0. The van der Waals surface area contributed by atoms with E-state index in [1.54, 1.807) is 24.3 Å². The highest BCUT2D eigenvalue weighted by Crippen LogP contribution is 2.27. The zero-order chi connectivity index (χ0) is 21.8. The fourth-order valence-electron chi connectivity index (χ4n) is 3.66. The Morgan fingerprint density at radius 1 is 1.32 bits per heavy atom. The molecule has 2 amide bonds. The zero-order valence-corrected chi connectivity index (χ0v) is 17.6. The zero-order valence-electron chi connectivity index (χ0n) is 17.6. The maximum absolute atomic E-state index is 12.9. The van der Waals surface area contributed by atoms with Gasteiger partial charge in [0.05, 0.1) is 48.3 Å². The van der Waals surface area contributed by atoms with Crippen molar-refractivity contribution in [2.24, 2.45) is 0 Å². The van der Waals surface area contributed by atoms with Crippen molar-refractivity contribution in [3.63, 3.8) is 0 Å². The molecule has 2 N–H and O–H groups in total. The molecule has 1 fully saturated rings. The molecule has 1 aliphatic heterocycles. The first-order valence-electron chi connectivity index (χ1n) is 10.2. The number of aryl methyl sites for hydroxylation is 1. The van der Waals surface area contributed by atoms with E-state index >= 15 is 0 Å². The molecule has 31 heavy (non-hydrogen) atoms. The summed E-state index contributed by atoms with van der Waals surface area (Å²) in [4.78, 5) is 32.2. The van der Waals surface area contributed by atoms with Gasteiger partial charge in [-0.2, -0.15) is 5.10 Å². The molecular weight excluding hydrogens is 398 g/mol. The Morgan fingerprint density at radius 2 is 2.16 bits per heavy atom. The fourth-order valence-corrected chi connectivity index (χ4v) is 3.66. The first-order chi connectivity index (χ1) is 15.1. The topological polar surface area (TPSA) is 109 Å². The van der Waals surface area contributed by atoms with Crippen molar-refractivity contribution in [3.8, 4) is 0 Å². The maximum atomic E-state index is 12.9. The smallest absolute Gasteiger partial charge is 0.257 e. The fraction of sp³-hybridized carbons (Fsp3) is 0.364. The van der Waals surface area contributed by atoms with E-state index in [1.807, 2.05) is 31.2 Å². The number of rotatable bonds is 6. The van der Waals surface area contributed by atoms with Gasteiger partial charge < -0.3 is 19.7 Å². The SMILES string of the molecule is COCCNC(=O)c1cc([C@H]2CN(C(=O)c3cn[nH]c3C)CCO2)nc2ccccc12. The van der Waals surface area contributed by atoms with Gasteiger partial charge >= 0.3 is 0 Å². The van der Waals surface area contributed by atoms with E-state index < -0.39 is 6.10 Å². The molecule has 0 bridgehead atoms. The molecule has 0 radical (unpaired) electrons. The van der Waals surface area contributed by atoms with Crippen molar-refractivity contribution >= 4 is 22.7 Å². The predicted octanol–water partition coefficient (Wildman–Crippen LogP) is 1.86. The van der Waals surface area contributed by atoms with Gasteiger partial charge in [-0.1, -0.05) is 18.2 Å². The molecule has 1 atom stereocenters. The van der Waals surface area contributed by atoms with E-state index in [4.69, 9.17) is 14.5 Å². The molecule has 1 aliphatic rings. The van der Waals surface area contributed by atoms with Gasteiger partial charge in [0, 0.05) is 31.3 Å². The normalized spacial score (nSPS) is 16.5. The number of methoxy groups -OCH3 is 1. The summed E-state index contributed by atoms with van der Waals surface area (Å²) >= 11 is 0. The first kappa shape index (κ1) is 21.0. The number of morpholine rings is 1. The summed E-state index contributed by atoms with van der Waals surface area (Å²) in [6.07, 6.45) is 1.11. The van der Waals surface area contributed by atoms with Crippen LogP contribution in [0.5, 0.6) is 0 Å². The number of aromatic amines is 1. The molecule has 9 heteroatoms. The Hall–Kier alpha value is -3.30. The number of nitrogens with one attached hydrogen (secondary N) is 2. The van der Waals surface area contributed by atoms with Gasteiger partial charge in [0.1, 0.15) is 6.10 Å². The molecule has 2 aromatic heterocycles. The molecule has 0 spiro atoms. The van der Waals surface area contributed by atoms with Crippen LogP contribution in [0.3, 0.4) is 0 Å². The molecule has 162 valence electrons. The molecule has 0 aliphatic carbocycles. The minimum Gasteiger partial charge on any atom is -0.383 e. The van der Waals surface area contributed by atoms with Gasteiger partial charge in [0.25, 0.3) is 11.8 Å². The number of benzene rings is 1. The highest BCUT2D eigenvalue weighted by atomic mass is 16.5. The number of carbonyl (C=O) groups is 2. The highest BCUT2D eigenvalue weighted by Gasteiger charge is 2.29. The third-order valence-electron chi connectivity index (χ3n) is 5.32. The van der Waals surface area contributed by atoms with Crippen LogP contribution in [0.15, 0.2) is 36.5 Å². The van der Waals surface area contributed by atoms with Crippen LogP contribution in [0.2, 0.25) is 0 Å². The van der Waals surface area contributed by atoms with E-state index in [0.717, 1.165) is 11.1 Å². The Morgan fingerprint density at radius 3 is 2.94 bits per heavy atom. The van der Waals surface area contributed by atoms with Gasteiger partial charge in [-0.3, -0.25) is 14.7 Å². The van der Waals surface area contributed by atoms with E-state index in [-0.39, 0.29) is 11.8 Å². The molecule has 1 aromatic carbocycles. The summed E-state index contributed by atoms with van der Waals surface area (Å²) in [5, 5.41) is 10.4. The quantitative estimate of drug-likeness (QED) is 0.586. The Balaban J connectivity index is 1.62. The minimum atomic E-state index is -0.431. The van der Waals surface area contributed by atoms with E-state index in [9.17, 15) is 9.59 Å². The second kappa shape index (κ2) is 9.23. The van der Waals surface area contributed by atoms with Crippen LogP contribution in [0.4, 0.5) is 0 Å². The van der Waals surface area contributed by atoms with Crippen LogP contribution >= 0.6 is 0 Å². The van der Waals surface area contributed by atoms with Crippen LogP contribution < -0.4 is 5.32 Å². The molecule has 0 unspecified atom stereocenters. The predicted molar refractivity (Wildman–Crippen MR) is 114 cm³/mol. The third kappa shape index (κ3) is 4.42. The number of amides is 2. The van der Waals surface area contributed by atoms with Crippen LogP contribution in [0, 0.1) is 6.92 Å². The van der Waals surface area contributed by atoms with Crippen LogP contribution in [0.1, 0.15) is 38.2 Å². The lowest BCUT2D eigenvalue weighted by molar-refractivity contribution is -0.0246. The van der Waals surface area contributed by atoms with Gasteiger partial charge in [-0.25, -0.2) is 4.98 Å². The molecule has 3 aromatic rings. The monoisotopic (exact) mass is 423 g/mol. The van der Waals surface area contributed by atoms with Crippen molar-refractivity contribution in [1.29, 1.82) is 0 Å². The summed E-state index contributed by atoms with van der Waals surface area (Å²) in [5.41, 5.74) is 3.12. The largest absolute Gasteiger partial charge is 0.383 e. The van der Waals surface area contributed by atoms with Crippen molar-refractivity contribution in [3.05, 3.63) is 59.0 Å². The maximum Gasteiger partial charge on any atom is 0.257 e. The molecule has 4 rings (SSSR count). The summed E-state index contributed by atoms with van der Waals surface area (Å²) in [6.45, 7) is 3.87. The van der Waals surface area contributed by atoms with Crippen molar-refractivity contribution in [2.75, 3.05) is 40.0 Å². The minimum absolute atomic E-state index is 0.0992. The molecule has 0 saturated carbocycles. The average Bonchev–Trinajstić information content (AvgIpc) is 3.23. The molecule has 3 heterocycles. The van der Waals surface area contributed by atoms with Crippen LogP contribution in [-0.2, 0) is 9.47 Å². The van der Waals surface area contributed by atoms with Crippen molar-refractivity contribution in [2.45, 2.75) is 13.0 Å². The molecular formula is C22H25N5O4. The average molecular weight is 423 g/mol. The van der Waals surface area contributed by atoms with Gasteiger partial charge in [0.2, 0.25) is 0 Å². The Labute approximate surface area is 179 Å². The molecule has 1 saturated heterocycles. The Kier molecular flexibility index (Phi) is 6.24. The number of aromatic nitrogens is 3. The standard InChI is InChI=1S/C22H25N5O4/c1-14-17(12-24-26-14)22(29)27-8-10-31-20(13-27)19-11-16(21(28)23-7-9-30-2)15-5-3-4-6-18(15)25-19/h3-6,11-12,20H,7-10,13H2,1-2H3,(H,23,28)(H,24,26)/t20-/m1/s1. The van der Waals surface area contributed by atoms with Crippen molar-refractivity contribution < 1.29 is 19.1 Å². The number of fused-ring (bicyclic) bond motifs is 1. The third-order valence-corrected chi connectivity index (χ3v) is 5.32. The van der Waals surface area contributed by atoms with E-state index in [0.29, 0.717) is 55.2 Å². The second-order valence-electron chi connectivity index (χ2n) is 7.38. The number of pyridine rings is 1. The number of hydrogen-bond acceptors (Lipinski definition) is 6. The second-order valence-corrected chi connectivity index (χ2v) is 7.38. The lowest BCUT2D eigenvalue weighted by Crippen LogP contribution is -2.42. The number of ether oxygens (including phenoxy) is 2. The Bertz CT molecular complexity index is 1100. The lowest BCUT2D eigenvalue weighted by Gasteiger charge is -2.33. The summed E-state index contributed by atoms with van der Waals surface area (Å²) in [7, 11) is 1.59. The van der Waals surface area contributed by atoms with Gasteiger partial charge in [-0.15, -0.1) is 0 Å². The number of H-pyrrole nitrogens is 1. The number of para-hydroxylation sites is 1. The van der Waals surface area contributed by atoms with Crippen molar-refractivity contribution in [1.82, 2.24) is 25.4 Å². The number of hydrogen-bond donors (Lipinski definition) is 2. The highest BCUT2D eigenvalue weighted by molar-refractivity contribution is 6.06. The van der Waals surface area contributed by atoms with E-state index in [2.05, 4.69) is 15.5 Å². The van der Waals surface area contributed by atoms with Crippen LogP contribution in [-0.4, -0.2) is 71.9 Å². The number of carbonyl (C=O) groups excluding carboxylic acids is 2. The van der Waals surface area contributed by atoms with Gasteiger partial charge in [-0.05, 0) is 19.1 Å².